The summed E-state index contributed by atoms with van der Waals surface area (Å²) in [6.07, 6.45) is 5.00. The van der Waals surface area contributed by atoms with E-state index in [4.69, 9.17) is 14.6 Å². The lowest BCUT2D eigenvalue weighted by Gasteiger charge is -2.30. The minimum Gasteiger partial charge on any atom is -0.497 e. The monoisotopic (exact) mass is 331 g/mol. The Morgan fingerprint density at radius 3 is 2.75 bits per heavy atom. The Labute approximate surface area is 140 Å². The first-order valence-electron chi connectivity index (χ1n) is 8.07. The maximum Gasteiger partial charge on any atom is 0.305 e. The van der Waals surface area contributed by atoms with Crippen LogP contribution >= 0.6 is 0 Å². The molecule has 0 unspecified atom stereocenters. The fraction of sp³-hybridized carbons (Fsp3) is 0.444. The molecular weight excluding hydrogens is 310 g/mol. The van der Waals surface area contributed by atoms with Gasteiger partial charge in [0, 0.05) is 5.56 Å². The van der Waals surface area contributed by atoms with E-state index in [9.17, 15) is 9.59 Å². The topological polar surface area (TPSA) is 84.9 Å². The van der Waals surface area contributed by atoms with Crippen molar-refractivity contribution < 1.29 is 24.2 Å². The van der Waals surface area contributed by atoms with E-state index in [0.717, 1.165) is 18.4 Å². The second-order valence-electron chi connectivity index (χ2n) is 6.37. The van der Waals surface area contributed by atoms with Gasteiger partial charge >= 0.3 is 5.97 Å². The van der Waals surface area contributed by atoms with Crippen LogP contribution in [0.3, 0.4) is 0 Å². The van der Waals surface area contributed by atoms with Gasteiger partial charge in [0.2, 0.25) is 0 Å². The number of hydrogen-bond donors (Lipinski definition) is 2. The molecule has 0 aromatic heterocycles. The van der Waals surface area contributed by atoms with E-state index in [1.54, 1.807) is 19.3 Å². The predicted molar refractivity (Wildman–Crippen MR) is 88.1 cm³/mol. The highest BCUT2D eigenvalue weighted by Gasteiger charge is 2.38. The molecule has 6 heteroatoms. The molecular formula is C18H21NO5. The fourth-order valence-corrected chi connectivity index (χ4v) is 3.42. The molecule has 1 amide bonds. The summed E-state index contributed by atoms with van der Waals surface area (Å²) in [4.78, 5) is 23.8. The lowest BCUT2D eigenvalue weighted by molar-refractivity contribution is -0.139. The summed E-state index contributed by atoms with van der Waals surface area (Å²) in [7, 11) is 1.58. The Balaban J connectivity index is 1.79. The Morgan fingerprint density at radius 1 is 1.33 bits per heavy atom. The number of carboxylic acid groups (broad SMARTS) is 1. The summed E-state index contributed by atoms with van der Waals surface area (Å²) in [5.41, 5.74) is 0.634. The zero-order valence-electron chi connectivity index (χ0n) is 13.6. The smallest absolute Gasteiger partial charge is 0.305 e. The zero-order valence-corrected chi connectivity index (χ0v) is 13.6. The van der Waals surface area contributed by atoms with Crippen molar-refractivity contribution in [1.82, 2.24) is 5.32 Å². The van der Waals surface area contributed by atoms with Gasteiger partial charge in [0.25, 0.3) is 5.91 Å². The number of benzene rings is 1. The van der Waals surface area contributed by atoms with Crippen molar-refractivity contribution in [3.8, 4) is 11.5 Å². The second kappa shape index (κ2) is 6.55. The highest BCUT2D eigenvalue weighted by Crippen LogP contribution is 2.34. The van der Waals surface area contributed by atoms with E-state index in [2.05, 4.69) is 5.32 Å². The first-order valence-corrected chi connectivity index (χ1v) is 8.07. The van der Waals surface area contributed by atoms with Crippen molar-refractivity contribution in [2.24, 2.45) is 0 Å². The Hall–Kier alpha value is -2.50. The average Bonchev–Trinajstić information content (AvgIpc) is 3.00. The van der Waals surface area contributed by atoms with Gasteiger partial charge < -0.3 is 19.9 Å². The van der Waals surface area contributed by atoms with E-state index in [0.29, 0.717) is 29.9 Å². The summed E-state index contributed by atoms with van der Waals surface area (Å²) in [5, 5.41) is 12.1. The number of aliphatic carboxylic acids is 1. The third-order valence-corrected chi connectivity index (χ3v) is 4.65. The van der Waals surface area contributed by atoms with Crippen molar-refractivity contribution in [2.75, 3.05) is 13.7 Å². The van der Waals surface area contributed by atoms with Crippen molar-refractivity contribution in [3.05, 3.63) is 29.3 Å². The van der Waals surface area contributed by atoms with Gasteiger partial charge in [-0.25, -0.2) is 0 Å². The zero-order chi connectivity index (χ0) is 17.2. The third-order valence-electron chi connectivity index (χ3n) is 4.65. The van der Waals surface area contributed by atoms with Gasteiger partial charge in [-0.05, 0) is 37.1 Å². The SMILES string of the molecule is COc1ccc2c(c1)C=C(C(=O)NC1(CC(=O)O)CCCC1)CO2. The summed E-state index contributed by atoms with van der Waals surface area (Å²) < 4.78 is 10.8. The Bertz CT molecular complexity index is 689. The molecule has 1 aromatic rings. The third kappa shape index (κ3) is 3.37. The van der Waals surface area contributed by atoms with Crippen molar-refractivity contribution >= 4 is 18.0 Å². The number of methoxy groups -OCH3 is 1. The highest BCUT2D eigenvalue weighted by molar-refractivity contribution is 5.99. The highest BCUT2D eigenvalue weighted by atomic mass is 16.5. The van der Waals surface area contributed by atoms with Crippen LogP contribution in [0.25, 0.3) is 6.08 Å². The molecule has 0 saturated heterocycles. The van der Waals surface area contributed by atoms with Gasteiger partial charge in [-0.1, -0.05) is 12.8 Å². The molecule has 0 atom stereocenters. The number of carbonyl (C=O) groups excluding carboxylic acids is 1. The van der Waals surface area contributed by atoms with Crippen LogP contribution in [0.4, 0.5) is 0 Å². The van der Waals surface area contributed by atoms with Crippen molar-refractivity contribution in [2.45, 2.75) is 37.6 Å². The lowest BCUT2D eigenvalue weighted by Crippen LogP contribution is -2.48. The van der Waals surface area contributed by atoms with Crippen LogP contribution in [-0.4, -0.2) is 36.2 Å². The number of carbonyl (C=O) groups is 2. The van der Waals surface area contributed by atoms with Crippen molar-refractivity contribution in [3.63, 3.8) is 0 Å². The van der Waals surface area contributed by atoms with Gasteiger partial charge in [-0.3, -0.25) is 9.59 Å². The standard InChI is InChI=1S/C18H21NO5/c1-23-14-4-5-15-12(9-14)8-13(11-24-15)17(22)19-18(10-16(20)21)6-2-3-7-18/h4-5,8-9H,2-3,6-7,10-11H2,1H3,(H,19,22)(H,20,21). The summed E-state index contributed by atoms with van der Waals surface area (Å²) in [6, 6.07) is 5.42. The molecule has 1 fully saturated rings. The molecule has 1 aliphatic carbocycles. The summed E-state index contributed by atoms with van der Waals surface area (Å²) in [5.74, 6) is 0.245. The van der Waals surface area contributed by atoms with Crippen LogP contribution in [0.5, 0.6) is 11.5 Å². The molecule has 1 heterocycles. The Morgan fingerprint density at radius 2 is 2.08 bits per heavy atom. The maximum absolute atomic E-state index is 12.6. The average molecular weight is 331 g/mol. The molecule has 0 radical (unpaired) electrons. The quantitative estimate of drug-likeness (QED) is 0.865. The molecule has 1 saturated carbocycles. The largest absolute Gasteiger partial charge is 0.497 e. The van der Waals surface area contributed by atoms with Gasteiger partial charge in [0.1, 0.15) is 18.1 Å². The number of nitrogens with one attached hydrogen (secondary N) is 1. The number of rotatable bonds is 5. The van der Waals surface area contributed by atoms with Crippen LogP contribution in [-0.2, 0) is 9.59 Å². The van der Waals surface area contributed by atoms with Crippen molar-refractivity contribution in [1.29, 1.82) is 0 Å². The number of carboxylic acids is 1. The molecule has 0 spiro atoms. The fourth-order valence-electron chi connectivity index (χ4n) is 3.42. The van der Waals surface area contributed by atoms with Crippen LogP contribution < -0.4 is 14.8 Å². The number of ether oxygens (including phenoxy) is 2. The van der Waals surface area contributed by atoms with Crippen LogP contribution in [0.1, 0.15) is 37.7 Å². The van der Waals surface area contributed by atoms with E-state index < -0.39 is 11.5 Å². The van der Waals surface area contributed by atoms with E-state index in [1.807, 2.05) is 12.1 Å². The van der Waals surface area contributed by atoms with Gasteiger partial charge in [-0.15, -0.1) is 0 Å². The van der Waals surface area contributed by atoms with Gasteiger partial charge in [-0.2, -0.15) is 0 Å². The van der Waals surface area contributed by atoms with Crippen LogP contribution in [0.2, 0.25) is 0 Å². The van der Waals surface area contributed by atoms with Gasteiger partial charge in [0.05, 0.1) is 24.6 Å². The normalized spacial score (nSPS) is 18.1. The molecule has 2 aliphatic rings. The predicted octanol–water partition coefficient (Wildman–Crippen LogP) is 2.37. The molecule has 0 bridgehead atoms. The van der Waals surface area contributed by atoms with Crippen LogP contribution in [0, 0.1) is 0 Å². The Kier molecular flexibility index (Phi) is 4.46. The summed E-state index contributed by atoms with van der Waals surface area (Å²) >= 11 is 0. The first-order chi connectivity index (χ1) is 11.5. The summed E-state index contributed by atoms with van der Waals surface area (Å²) in [6.45, 7) is 0.175. The molecule has 1 aromatic carbocycles. The maximum atomic E-state index is 12.6. The van der Waals surface area contributed by atoms with Gasteiger partial charge in [0.15, 0.2) is 0 Å². The number of hydrogen-bond acceptors (Lipinski definition) is 4. The minimum atomic E-state index is -0.888. The first kappa shape index (κ1) is 16.4. The molecule has 1 aliphatic heterocycles. The number of amides is 1. The lowest BCUT2D eigenvalue weighted by atomic mass is 9.92. The van der Waals surface area contributed by atoms with Crippen LogP contribution in [0.15, 0.2) is 23.8 Å². The molecule has 24 heavy (non-hydrogen) atoms. The molecule has 6 nitrogen and oxygen atoms in total. The molecule has 3 rings (SSSR count). The second-order valence-corrected chi connectivity index (χ2v) is 6.37. The minimum absolute atomic E-state index is 0.0444. The van der Waals surface area contributed by atoms with E-state index in [-0.39, 0.29) is 18.9 Å². The van der Waals surface area contributed by atoms with E-state index >= 15 is 0 Å². The molecule has 128 valence electrons. The number of fused-ring (bicyclic) bond motifs is 1. The van der Waals surface area contributed by atoms with E-state index in [1.165, 1.54) is 0 Å². The molecule has 2 N–H and O–H groups in total.